The highest BCUT2D eigenvalue weighted by atomic mass is 16.5. The van der Waals surface area contributed by atoms with Crippen molar-refractivity contribution in [1.82, 2.24) is 0 Å². The maximum absolute atomic E-state index is 13.6. The van der Waals surface area contributed by atoms with Gasteiger partial charge in [0.1, 0.15) is 17.4 Å². The first-order valence-electron chi connectivity index (χ1n) is 11.2. The molecule has 0 bridgehead atoms. The summed E-state index contributed by atoms with van der Waals surface area (Å²) in [4.78, 5) is 31.5. The predicted octanol–water partition coefficient (Wildman–Crippen LogP) is 4.84. The zero-order valence-electron chi connectivity index (χ0n) is 19.5. The number of carbonyl (C=O) groups excluding carboxylic acids is 2. The molecule has 1 heterocycles. The predicted molar refractivity (Wildman–Crippen MR) is 126 cm³/mol. The molecule has 0 aromatic heterocycles. The van der Waals surface area contributed by atoms with Crippen LogP contribution in [0.5, 0.6) is 11.5 Å². The van der Waals surface area contributed by atoms with E-state index >= 15 is 0 Å². The second-order valence-electron chi connectivity index (χ2n) is 8.37. The number of aliphatic imine (C=N–C) groups is 1. The number of hydrogen-bond acceptors (Lipinski definition) is 6. The summed E-state index contributed by atoms with van der Waals surface area (Å²) in [6, 6.07) is 15.5. The van der Waals surface area contributed by atoms with Gasteiger partial charge in [-0.25, -0.2) is 0 Å². The van der Waals surface area contributed by atoms with Crippen molar-refractivity contribution in [3.8, 4) is 11.5 Å². The molecular weight excluding hydrogens is 418 g/mol. The standard InChI is InChI=1S/C27H29NO5/c1-5-33-27(30)24-16(2)28-21-13-18(17-9-7-6-8-10-17)14-22(29)26(21)25(24)20-15-19(31-3)11-12-23(20)32-4/h6-12,15,18,24-25H,5,13-14H2,1-4H3/t18-,24?,25+/m1/s1. The van der Waals surface area contributed by atoms with Gasteiger partial charge in [-0.1, -0.05) is 30.3 Å². The molecule has 3 atom stereocenters. The minimum atomic E-state index is -0.707. The zero-order valence-corrected chi connectivity index (χ0v) is 19.5. The SMILES string of the molecule is CCOC(=O)C1C(C)=NC2=C(C(=O)C[C@H](c3ccccc3)C2)[C@H]1c1cc(OC)ccc1OC. The van der Waals surface area contributed by atoms with E-state index in [1.165, 1.54) is 0 Å². The topological polar surface area (TPSA) is 74.2 Å². The summed E-state index contributed by atoms with van der Waals surface area (Å²) >= 11 is 0. The van der Waals surface area contributed by atoms with Gasteiger partial charge in [0.05, 0.1) is 20.8 Å². The number of allylic oxidation sites excluding steroid dienone is 2. The Balaban J connectivity index is 1.87. The Hall–Kier alpha value is -3.41. The van der Waals surface area contributed by atoms with Gasteiger partial charge in [-0.2, -0.15) is 0 Å². The molecule has 0 saturated heterocycles. The lowest BCUT2D eigenvalue weighted by molar-refractivity contribution is -0.146. The summed E-state index contributed by atoms with van der Waals surface area (Å²) in [7, 11) is 3.17. The van der Waals surface area contributed by atoms with Crippen molar-refractivity contribution >= 4 is 17.5 Å². The van der Waals surface area contributed by atoms with Gasteiger partial charge in [-0.15, -0.1) is 0 Å². The average Bonchev–Trinajstić information content (AvgIpc) is 2.83. The molecule has 1 unspecified atom stereocenters. The molecule has 0 fully saturated rings. The number of carbonyl (C=O) groups is 2. The second kappa shape index (κ2) is 9.61. The lowest BCUT2D eigenvalue weighted by atomic mass is 9.69. The number of ether oxygens (including phenoxy) is 3. The van der Waals surface area contributed by atoms with Gasteiger partial charge in [-0.3, -0.25) is 14.6 Å². The molecule has 172 valence electrons. The van der Waals surface area contributed by atoms with Crippen LogP contribution in [0.15, 0.2) is 64.8 Å². The fourth-order valence-electron chi connectivity index (χ4n) is 4.98. The zero-order chi connectivity index (χ0) is 23.5. The Labute approximate surface area is 194 Å². The largest absolute Gasteiger partial charge is 0.497 e. The van der Waals surface area contributed by atoms with E-state index in [0.29, 0.717) is 35.6 Å². The number of benzene rings is 2. The molecule has 2 aromatic rings. The lowest BCUT2D eigenvalue weighted by Crippen LogP contribution is -2.38. The van der Waals surface area contributed by atoms with E-state index in [0.717, 1.165) is 16.8 Å². The van der Waals surface area contributed by atoms with Crippen LogP contribution in [0.25, 0.3) is 0 Å². The third kappa shape index (κ3) is 4.30. The average molecular weight is 448 g/mol. The smallest absolute Gasteiger partial charge is 0.315 e. The highest BCUT2D eigenvalue weighted by Gasteiger charge is 2.45. The Morgan fingerprint density at radius 1 is 1.06 bits per heavy atom. The molecule has 0 radical (unpaired) electrons. The van der Waals surface area contributed by atoms with Crippen LogP contribution in [0, 0.1) is 5.92 Å². The summed E-state index contributed by atoms with van der Waals surface area (Å²) in [5, 5.41) is 0. The number of ketones is 1. The van der Waals surface area contributed by atoms with Gasteiger partial charge in [-0.05, 0) is 49.9 Å². The van der Waals surface area contributed by atoms with Gasteiger partial charge >= 0.3 is 5.97 Å². The van der Waals surface area contributed by atoms with Gasteiger partial charge in [0, 0.05) is 34.9 Å². The number of nitrogens with zero attached hydrogens (tertiary/aromatic N) is 1. The minimum absolute atomic E-state index is 0.00512. The fraction of sp³-hybridized carbons (Fsp3) is 0.370. The Morgan fingerprint density at radius 3 is 2.48 bits per heavy atom. The summed E-state index contributed by atoms with van der Waals surface area (Å²) in [6.45, 7) is 3.86. The minimum Gasteiger partial charge on any atom is -0.497 e. The maximum Gasteiger partial charge on any atom is 0.315 e. The van der Waals surface area contributed by atoms with Crippen molar-refractivity contribution in [1.29, 1.82) is 0 Å². The van der Waals surface area contributed by atoms with Crippen LogP contribution in [-0.2, 0) is 14.3 Å². The van der Waals surface area contributed by atoms with E-state index in [4.69, 9.17) is 19.2 Å². The number of Topliss-reactive ketones (excluding diaryl/α,β-unsaturated/α-hetero) is 1. The van der Waals surface area contributed by atoms with Crippen molar-refractivity contribution in [2.24, 2.45) is 10.9 Å². The highest BCUT2D eigenvalue weighted by Crippen LogP contribution is 2.49. The van der Waals surface area contributed by atoms with Gasteiger partial charge < -0.3 is 14.2 Å². The van der Waals surface area contributed by atoms with Crippen LogP contribution >= 0.6 is 0 Å². The Bertz CT molecular complexity index is 1120. The molecule has 0 saturated carbocycles. The van der Waals surface area contributed by atoms with E-state index < -0.39 is 17.8 Å². The summed E-state index contributed by atoms with van der Waals surface area (Å²) < 4.78 is 16.5. The van der Waals surface area contributed by atoms with E-state index in [1.807, 2.05) is 43.3 Å². The van der Waals surface area contributed by atoms with Crippen LogP contribution in [0.4, 0.5) is 0 Å². The molecule has 1 aliphatic carbocycles. The van der Waals surface area contributed by atoms with Crippen molar-refractivity contribution in [3.63, 3.8) is 0 Å². The molecule has 2 aliphatic rings. The first-order valence-corrected chi connectivity index (χ1v) is 11.2. The van der Waals surface area contributed by atoms with Crippen molar-refractivity contribution in [2.75, 3.05) is 20.8 Å². The Kier molecular flexibility index (Phi) is 6.63. The second-order valence-corrected chi connectivity index (χ2v) is 8.37. The molecule has 2 aromatic carbocycles. The number of rotatable bonds is 6. The lowest BCUT2D eigenvalue weighted by Gasteiger charge is -2.37. The van der Waals surface area contributed by atoms with E-state index in [-0.39, 0.29) is 18.3 Å². The van der Waals surface area contributed by atoms with Crippen LogP contribution in [0.1, 0.15) is 49.7 Å². The quantitative estimate of drug-likeness (QED) is 0.593. The van der Waals surface area contributed by atoms with Crippen LogP contribution in [-0.4, -0.2) is 38.3 Å². The first-order chi connectivity index (χ1) is 16.0. The number of esters is 1. The van der Waals surface area contributed by atoms with Crippen LogP contribution in [0.2, 0.25) is 0 Å². The molecule has 6 nitrogen and oxygen atoms in total. The van der Waals surface area contributed by atoms with Gasteiger partial charge in [0.15, 0.2) is 5.78 Å². The summed E-state index contributed by atoms with van der Waals surface area (Å²) in [6.07, 6.45) is 1.01. The van der Waals surface area contributed by atoms with E-state index in [1.54, 1.807) is 33.3 Å². The molecule has 0 spiro atoms. The summed E-state index contributed by atoms with van der Waals surface area (Å²) in [5.41, 5.74) is 3.81. The molecule has 4 rings (SSSR count). The first kappa shape index (κ1) is 22.8. The van der Waals surface area contributed by atoms with Crippen molar-refractivity contribution < 1.29 is 23.8 Å². The maximum atomic E-state index is 13.6. The third-order valence-corrected chi connectivity index (χ3v) is 6.47. The third-order valence-electron chi connectivity index (χ3n) is 6.47. The molecule has 0 N–H and O–H groups in total. The normalized spacial score (nSPS) is 22.4. The number of hydrogen-bond donors (Lipinski definition) is 0. The van der Waals surface area contributed by atoms with Crippen LogP contribution in [0.3, 0.4) is 0 Å². The fourth-order valence-corrected chi connectivity index (χ4v) is 4.98. The van der Waals surface area contributed by atoms with E-state index in [9.17, 15) is 9.59 Å². The van der Waals surface area contributed by atoms with E-state index in [2.05, 4.69) is 0 Å². The van der Waals surface area contributed by atoms with Crippen molar-refractivity contribution in [3.05, 3.63) is 70.9 Å². The molecule has 0 amide bonds. The summed E-state index contributed by atoms with van der Waals surface area (Å²) in [5.74, 6) is -0.367. The Morgan fingerprint density at radius 2 is 1.82 bits per heavy atom. The van der Waals surface area contributed by atoms with Crippen LogP contribution < -0.4 is 9.47 Å². The molecule has 33 heavy (non-hydrogen) atoms. The molecule has 1 aliphatic heterocycles. The highest BCUT2D eigenvalue weighted by molar-refractivity contribution is 6.09. The monoisotopic (exact) mass is 447 g/mol. The molecule has 6 heteroatoms. The van der Waals surface area contributed by atoms with Crippen molar-refractivity contribution in [2.45, 2.75) is 38.5 Å². The van der Waals surface area contributed by atoms with Gasteiger partial charge in [0.25, 0.3) is 0 Å². The molecular formula is C27H29NO5. The number of methoxy groups -OCH3 is 2. The van der Waals surface area contributed by atoms with Gasteiger partial charge in [0.2, 0.25) is 0 Å².